The van der Waals surface area contributed by atoms with Crippen LogP contribution in [0.3, 0.4) is 0 Å². The molecule has 0 N–H and O–H groups in total. The summed E-state index contributed by atoms with van der Waals surface area (Å²) >= 11 is 0. The van der Waals surface area contributed by atoms with Gasteiger partial charge in [-0.25, -0.2) is 0 Å². The van der Waals surface area contributed by atoms with Gasteiger partial charge in [-0.15, -0.1) is 0 Å². The fraction of sp³-hybridized carbons (Fsp3) is 0.300. The maximum Gasteiger partial charge on any atom is 0.416 e. The first-order valence-electron chi connectivity index (χ1n) is 8.35. The van der Waals surface area contributed by atoms with Crippen molar-refractivity contribution in [1.29, 1.82) is 5.26 Å². The molecule has 0 atom stereocenters. The molecule has 0 saturated carbocycles. The quantitative estimate of drug-likeness (QED) is 0.682. The summed E-state index contributed by atoms with van der Waals surface area (Å²) in [7, 11) is 0. The summed E-state index contributed by atoms with van der Waals surface area (Å²) in [5, 5.41) is 9.01. The van der Waals surface area contributed by atoms with Crippen LogP contribution in [0.1, 0.15) is 29.2 Å². The summed E-state index contributed by atoms with van der Waals surface area (Å²) in [6.07, 6.45) is -4.39. The van der Waals surface area contributed by atoms with Crippen LogP contribution in [0.2, 0.25) is 0 Å². The molecule has 0 fully saturated rings. The van der Waals surface area contributed by atoms with Gasteiger partial charge in [0, 0.05) is 13.1 Å². The third-order valence-electron chi connectivity index (χ3n) is 3.81. The lowest BCUT2D eigenvalue weighted by Crippen LogP contribution is -2.30. The maximum atomic E-state index is 12.7. The number of halogens is 3. The van der Waals surface area contributed by atoms with Gasteiger partial charge in [0.1, 0.15) is 0 Å². The Hall–Kier alpha value is -2.85. The smallest absolute Gasteiger partial charge is 0.416 e. The minimum atomic E-state index is -4.39. The molecule has 2 aromatic rings. The summed E-state index contributed by atoms with van der Waals surface area (Å²) in [4.78, 5) is 13.6. The van der Waals surface area contributed by atoms with Crippen LogP contribution in [-0.2, 0) is 28.8 Å². The highest BCUT2D eigenvalue weighted by Crippen LogP contribution is 2.29. The predicted octanol–water partition coefficient (Wildman–Crippen LogP) is 4.14. The molecule has 0 radical (unpaired) electrons. The van der Waals surface area contributed by atoms with Gasteiger partial charge in [-0.05, 0) is 42.3 Å². The van der Waals surface area contributed by atoms with Gasteiger partial charge in [-0.2, -0.15) is 18.4 Å². The fourth-order valence-electron chi connectivity index (χ4n) is 2.61. The molecule has 0 amide bonds. The van der Waals surface area contributed by atoms with Crippen molar-refractivity contribution >= 4 is 5.97 Å². The van der Waals surface area contributed by atoms with Crippen molar-refractivity contribution in [2.45, 2.75) is 26.2 Å². The molecular weight excluding hydrogens is 357 g/mol. The lowest BCUT2D eigenvalue weighted by atomic mass is 10.1. The number of ether oxygens (including phenoxy) is 1. The first-order valence-corrected chi connectivity index (χ1v) is 8.35. The Morgan fingerprint density at radius 3 is 2.37 bits per heavy atom. The number of alkyl halides is 3. The Balaban J connectivity index is 2.16. The molecule has 0 bridgehead atoms. The second-order valence-electron chi connectivity index (χ2n) is 5.96. The number of nitriles is 1. The Kier molecular flexibility index (Phi) is 6.97. The van der Waals surface area contributed by atoms with Crippen LogP contribution in [0.15, 0.2) is 48.5 Å². The number of hydrogen-bond acceptors (Lipinski definition) is 4. The van der Waals surface area contributed by atoms with Gasteiger partial charge in [0.15, 0.2) is 0 Å². The zero-order valence-electron chi connectivity index (χ0n) is 14.8. The molecule has 0 spiro atoms. The van der Waals surface area contributed by atoms with Crippen LogP contribution in [0.25, 0.3) is 0 Å². The molecule has 7 heteroatoms. The molecule has 0 aliphatic rings. The second kappa shape index (κ2) is 9.19. The maximum absolute atomic E-state index is 12.7. The molecule has 0 aliphatic heterocycles. The van der Waals surface area contributed by atoms with Gasteiger partial charge >= 0.3 is 12.1 Å². The van der Waals surface area contributed by atoms with E-state index in [1.165, 1.54) is 12.1 Å². The van der Waals surface area contributed by atoms with Crippen LogP contribution < -0.4 is 0 Å². The molecule has 0 saturated heterocycles. The SMILES string of the molecule is CCOC(=O)CN(Cc1ccc(C(F)(F)F)cc1)Cc1cccc(C#N)c1. The second-order valence-corrected chi connectivity index (χ2v) is 5.96. The number of carbonyl (C=O) groups is 1. The zero-order chi connectivity index (χ0) is 19.9. The van der Waals surface area contributed by atoms with Crippen molar-refractivity contribution in [3.8, 4) is 6.07 Å². The molecular formula is C20H19F3N2O2. The van der Waals surface area contributed by atoms with Gasteiger partial charge in [-0.1, -0.05) is 24.3 Å². The monoisotopic (exact) mass is 376 g/mol. The van der Waals surface area contributed by atoms with E-state index in [4.69, 9.17) is 10.00 Å². The fourth-order valence-corrected chi connectivity index (χ4v) is 2.61. The first kappa shape index (κ1) is 20.5. The molecule has 4 nitrogen and oxygen atoms in total. The van der Waals surface area contributed by atoms with Crippen LogP contribution >= 0.6 is 0 Å². The highest BCUT2D eigenvalue weighted by molar-refractivity contribution is 5.71. The number of benzene rings is 2. The molecule has 27 heavy (non-hydrogen) atoms. The molecule has 0 unspecified atom stereocenters. The van der Waals surface area contributed by atoms with Gasteiger partial charge in [0.2, 0.25) is 0 Å². The summed E-state index contributed by atoms with van der Waals surface area (Å²) in [5.41, 5.74) is 1.25. The van der Waals surface area contributed by atoms with Crippen LogP contribution in [0.4, 0.5) is 13.2 Å². The standard InChI is InChI=1S/C20H19F3N2O2/c1-2-27-19(26)14-25(13-17-5-3-4-16(10-17)11-24)12-15-6-8-18(9-7-15)20(21,22)23/h3-10H,2,12-14H2,1H3. The van der Waals surface area contributed by atoms with Crippen molar-refractivity contribution in [3.05, 3.63) is 70.8 Å². The topological polar surface area (TPSA) is 53.3 Å². The zero-order valence-corrected chi connectivity index (χ0v) is 14.8. The number of rotatable bonds is 7. The van der Waals surface area contributed by atoms with E-state index < -0.39 is 17.7 Å². The van der Waals surface area contributed by atoms with E-state index >= 15 is 0 Å². The van der Waals surface area contributed by atoms with E-state index in [1.807, 2.05) is 6.07 Å². The first-order chi connectivity index (χ1) is 12.8. The van der Waals surface area contributed by atoms with Gasteiger partial charge in [0.25, 0.3) is 0 Å². The molecule has 0 aromatic heterocycles. The lowest BCUT2D eigenvalue weighted by Gasteiger charge is -2.22. The minimum absolute atomic E-state index is 0.00829. The molecule has 2 aromatic carbocycles. The van der Waals surface area contributed by atoms with E-state index in [1.54, 1.807) is 30.0 Å². The minimum Gasteiger partial charge on any atom is -0.465 e. The van der Waals surface area contributed by atoms with Crippen LogP contribution in [0, 0.1) is 11.3 Å². The summed E-state index contributed by atoms with van der Waals surface area (Å²) < 4.78 is 43.1. The average molecular weight is 376 g/mol. The normalized spacial score (nSPS) is 11.3. The van der Waals surface area contributed by atoms with Gasteiger partial charge in [-0.3, -0.25) is 9.69 Å². The third kappa shape index (κ3) is 6.42. The molecule has 2 rings (SSSR count). The Morgan fingerprint density at radius 2 is 1.78 bits per heavy atom. The number of nitrogens with zero attached hydrogens (tertiary/aromatic N) is 2. The van der Waals surface area contributed by atoms with Crippen molar-refractivity contribution in [2.24, 2.45) is 0 Å². The number of carbonyl (C=O) groups excluding carboxylic acids is 1. The van der Waals surface area contributed by atoms with E-state index in [-0.39, 0.29) is 19.7 Å². The highest BCUT2D eigenvalue weighted by atomic mass is 19.4. The Labute approximate surface area is 155 Å². The molecule has 142 valence electrons. The van der Waals surface area contributed by atoms with E-state index in [2.05, 4.69) is 6.07 Å². The van der Waals surface area contributed by atoms with E-state index in [0.29, 0.717) is 17.7 Å². The van der Waals surface area contributed by atoms with E-state index in [0.717, 1.165) is 17.7 Å². The summed E-state index contributed by atoms with van der Waals surface area (Å²) in [5.74, 6) is -0.416. The number of hydrogen-bond donors (Lipinski definition) is 0. The number of esters is 1. The van der Waals surface area contributed by atoms with Crippen LogP contribution in [0.5, 0.6) is 0 Å². The Bertz CT molecular complexity index is 811. The van der Waals surface area contributed by atoms with Crippen molar-refractivity contribution in [1.82, 2.24) is 4.90 Å². The van der Waals surface area contributed by atoms with Crippen molar-refractivity contribution < 1.29 is 22.7 Å². The Morgan fingerprint density at radius 1 is 1.11 bits per heavy atom. The molecule has 0 aliphatic carbocycles. The average Bonchev–Trinajstić information content (AvgIpc) is 2.61. The van der Waals surface area contributed by atoms with Crippen molar-refractivity contribution in [2.75, 3.05) is 13.2 Å². The van der Waals surface area contributed by atoms with E-state index in [9.17, 15) is 18.0 Å². The summed E-state index contributed by atoms with van der Waals surface area (Å²) in [6, 6.07) is 13.8. The van der Waals surface area contributed by atoms with Gasteiger partial charge < -0.3 is 4.74 Å². The largest absolute Gasteiger partial charge is 0.465 e. The lowest BCUT2D eigenvalue weighted by molar-refractivity contribution is -0.144. The third-order valence-corrected chi connectivity index (χ3v) is 3.81. The highest BCUT2D eigenvalue weighted by Gasteiger charge is 2.30. The predicted molar refractivity (Wildman–Crippen MR) is 93.3 cm³/mol. The van der Waals surface area contributed by atoms with Crippen molar-refractivity contribution in [3.63, 3.8) is 0 Å². The molecule has 0 heterocycles. The van der Waals surface area contributed by atoms with Crippen LogP contribution in [-0.4, -0.2) is 24.0 Å². The van der Waals surface area contributed by atoms with Gasteiger partial charge in [0.05, 0.1) is 30.3 Å². The summed E-state index contributed by atoms with van der Waals surface area (Å²) in [6.45, 7) is 2.57.